The second kappa shape index (κ2) is 6.39. The van der Waals surface area contributed by atoms with Gasteiger partial charge in [0.1, 0.15) is 0 Å². The van der Waals surface area contributed by atoms with Crippen molar-refractivity contribution in [1.29, 1.82) is 0 Å². The summed E-state index contributed by atoms with van der Waals surface area (Å²) in [4.78, 5) is 11.4. The van der Waals surface area contributed by atoms with E-state index in [-0.39, 0.29) is 17.0 Å². The zero-order valence-electron chi connectivity index (χ0n) is 10.5. The molecular formula is C11H17N3O4S. The van der Waals surface area contributed by atoms with Crippen molar-refractivity contribution in [2.24, 2.45) is 5.14 Å². The van der Waals surface area contributed by atoms with Crippen LogP contribution < -0.4 is 16.2 Å². The third kappa shape index (κ3) is 4.76. The Kier molecular flexibility index (Phi) is 5.13. The standard InChI is InChI=1S/C11H17N3O4S/c1-18-11(15)8-4-2-5-9(10(8)12)14-6-3-7-19(13,16)17/h2,4-5,14H,3,6-7,12H2,1H3,(H2,13,16,17). The summed E-state index contributed by atoms with van der Waals surface area (Å²) in [6.07, 6.45) is 0.348. The Hall–Kier alpha value is -1.80. The van der Waals surface area contributed by atoms with Gasteiger partial charge in [0.15, 0.2) is 0 Å². The summed E-state index contributed by atoms with van der Waals surface area (Å²) in [5.41, 5.74) is 6.91. The number of primary sulfonamides is 1. The van der Waals surface area contributed by atoms with E-state index in [9.17, 15) is 13.2 Å². The van der Waals surface area contributed by atoms with Gasteiger partial charge in [0.2, 0.25) is 10.0 Å². The lowest BCUT2D eigenvalue weighted by atomic mass is 10.1. The van der Waals surface area contributed by atoms with E-state index in [0.717, 1.165) is 0 Å². The van der Waals surface area contributed by atoms with Gasteiger partial charge in [-0.25, -0.2) is 18.4 Å². The number of nitrogen functional groups attached to an aromatic ring is 1. The number of carbonyl (C=O) groups is 1. The van der Waals surface area contributed by atoms with E-state index in [0.29, 0.717) is 18.7 Å². The molecule has 106 valence electrons. The summed E-state index contributed by atoms with van der Waals surface area (Å²) in [5.74, 6) is -0.637. The van der Waals surface area contributed by atoms with Crippen molar-refractivity contribution in [3.63, 3.8) is 0 Å². The van der Waals surface area contributed by atoms with Crippen LogP contribution in [0.4, 0.5) is 11.4 Å². The lowest BCUT2D eigenvalue weighted by molar-refractivity contribution is 0.0602. The number of methoxy groups -OCH3 is 1. The van der Waals surface area contributed by atoms with Crippen LogP contribution in [0, 0.1) is 0 Å². The fourth-order valence-corrected chi connectivity index (χ4v) is 2.05. The number of hydrogen-bond donors (Lipinski definition) is 3. The third-order valence-electron chi connectivity index (χ3n) is 2.43. The monoisotopic (exact) mass is 287 g/mol. The minimum absolute atomic E-state index is 0.114. The molecule has 0 unspecified atom stereocenters. The predicted molar refractivity (Wildman–Crippen MR) is 73.3 cm³/mol. The minimum atomic E-state index is -3.46. The summed E-state index contributed by atoms with van der Waals surface area (Å²) in [5, 5.41) is 7.84. The first-order chi connectivity index (χ1) is 8.85. The number of carbonyl (C=O) groups excluding carboxylic acids is 1. The molecule has 7 nitrogen and oxygen atoms in total. The molecule has 0 heterocycles. The molecule has 0 amide bonds. The number of para-hydroxylation sites is 1. The maximum absolute atomic E-state index is 11.4. The minimum Gasteiger partial charge on any atom is -0.465 e. The smallest absolute Gasteiger partial charge is 0.340 e. The number of sulfonamides is 1. The van der Waals surface area contributed by atoms with E-state index >= 15 is 0 Å². The Bertz CT molecular complexity index is 557. The Balaban J connectivity index is 2.67. The van der Waals surface area contributed by atoms with Gasteiger partial charge in [-0.2, -0.15) is 0 Å². The van der Waals surface area contributed by atoms with Crippen molar-refractivity contribution in [1.82, 2.24) is 0 Å². The number of nitrogens with one attached hydrogen (secondary N) is 1. The molecule has 1 aromatic carbocycles. The number of ether oxygens (including phenoxy) is 1. The van der Waals surface area contributed by atoms with Crippen molar-refractivity contribution in [2.45, 2.75) is 6.42 Å². The molecule has 0 saturated heterocycles. The van der Waals surface area contributed by atoms with Gasteiger partial charge in [-0.05, 0) is 18.6 Å². The summed E-state index contributed by atoms with van der Waals surface area (Å²) in [7, 11) is -2.19. The normalized spacial score (nSPS) is 11.1. The molecule has 8 heteroatoms. The highest BCUT2D eigenvalue weighted by Gasteiger charge is 2.12. The SMILES string of the molecule is COC(=O)c1cccc(NCCCS(N)(=O)=O)c1N. The number of hydrogen-bond acceptors (Lipinski definition) is 6. The average Bonchev–Trinajstić information content (AvgIpc) is 2.34. The number of rotatable bonds is 6. The van der Waals surface area contributed by atoms with E-state index in [2.05, 4.69) is 10.1 Å². The van der Waals surface area contributed by atoms with Crippen molar-refractivity contribution in [3.8, 4) is 0 Å². The first kappa shape index (κ1) is 15.3. The van der Waals surface area contributed by atoms with Crippen LogP contribution in [0.1, 0.15) is 16.8 Å². The van der Waals surface area contributed by atoms with Crippen LogP contribution in [-0.4, -0.2) is 33.8 Å². The molecule has 1 aromatic rings. The van der Waals surface area contributed by atoms with Crippen LogP contribution >= 0.6 is 0 Å². The van der Waals surface area contributed by atoms with Gasteiger partial charge >= 0.3 is 5.97 Å². The maximum atomic E-state index is 11.4. The molecule has 1 rings (SSSR count). The molecule has 0 aliphatic rings. The molecule has 0 atom stereocenters. The van der Waals surface area contributed by atoms with E-state index in [1.54, 1.807) is 18.2 Å². The Morgan fingerprint density at radius 1 is 1.42 bits per heavy atom. The number of anilines is 2. The average molecular weight is 287 g/mol. The van der Waals surface area contributed by atoms with Gasteiger partial charge < -0.3 is 15.8 Å². The van der Waals surface area contributed by atoms with Gasteiger partial charge in [0.05, 0.1) is 29.8 Å². The fourth-order valence-electron chi connectivity index (χ4n) is 1.50. The lowest BCUT2D eigenvalue weighted by Gasteiger charge is -2.11. The van der Waals surface area contributed by atoms with E-state index in [1.807, 2.05) is 0 Å². The van der Waals surface area contributed by atoms with E-state index in [4.69, 9.17) is 10.9 Å². The number of esters is 1. The van der Waals surface area contributed by atoms with Crippen LogP contribution in [0.25, 0.3) is 0 Å². The zero-order valence-corrected chi connectivity index (χ0v) is 11.4. The van der Waals surface area contributed by atoms with E-state index < -0.39 is 16.0 Å². The van der Waals surface area contributed by atoms with Crippen molar-refractivity contribution in [2.75, 3.05) is 30.5 Å². The first-order valence-electron chi connectivity index (χ1n) is 5.56. The maximum Gasteiger partial charge on any atom is 0.340 e. The molecule has 0 spiro atoms. The van der Waals surface area contributed by atoms with Crippen LogP contribution in [0.3, 0.4) is 0 Å². The predicted octanol–water partition coefficient (Wildman–Crippen LogP) is 0.146. The van der Waals surface area contributed by atoms with Crippen LogP contribution in [-0.2, 0) is 14.8 Å². The number of nitrogens with two attached hydrogens (primary N) is 2. The molecule has 0 saturated carbocycles. The van der Waals surface area contributed by atoms with Gasteiger partial charge in [-0.15, -0.1) is 0 Å². The molecule has 0 radical (unpaired) electrons. The van der Waals surface area contributed by atoms with E-state index in [1.165, 1.54) is 7.11 Å². The fraction of sp³-hybridized carbons (Fsp3) is 0.364. The van der Waals surface area contributed by atoms with Crippen molar-refractivity contribution < 1.29 is 17.9 Å². The third-order valence-corrected chi connectivity index (χ3v) is 3.29. The van der Waals surface area contributed by atoms with Gasteiger partial charge in [-0.3, -0.25) is 0 Å². The molecule has 0 aliphatic heterocycles. The summed E-state index contributed by atoms with van der Waals surface area (Å²) >= 11 is 0. The second-order valence-corrected chi connectivity index (χ2v) is 5.64. The van der Waals surface area contributed by atoms with Gasteiger partial charge in [-0.1, -0.05) is 6.07 Å². The highest BCUT2D eigenvalue weighted by molar-refractivity contribution is 7.89. The van der Waals surface area contributed by atoms with Crippen molar-refractivity contribution >= 4 is 27.4 Å². The molecule has 0 fully saturated rings. The highest BCUT2D eigenvalue weighted by Crippen LogP contribution is 2.23. The highest BCUT2D eigenvalue weighted by atomic mass is 32.2. The summed E-state index contributed by atoms with van der Waals surface area (Å²) < 4.78 is 26.1. The van der Waals surface area contributed by atoms with Crippen LogP contribution in [0.2, 0.25) is 0 Å². The quantitative estimate of drug-likeness (QED) is 0.388. The Morgan fingerprint density at radius 3 is 2.68 bits per heavy atom. The number of benzene rings is 1. The first-order valence-corrected chi connectivity index (χ1v) is 7.28. The molecule has 0 bridgehead atoms. The molecule has 19 heavy (non-hydrogen) atoms. The molecule has 0 aliphatic carbocycles. The van der Waals surface area contributed by atoms with Gasteiger partial charge in [0, 0.05) is 6.54 Å². The summed E-state index contributed by atoms with van der Waals surface area (Å²) in [6.45, 7) is 0.380. The zero-order chi connectivity index (χ0) is 14.5. The van der Waals surface area contributed by atoms with Crippen LogP contribution in [0.5, 0.6) is 0 Å². The largest absolute Gasteiger partial charge is 0.465 e. The topological polar surface area (TPSA) is 125 Å². The lowest BCUT2D eigenvalue weighted by Crippen LogP contribution is -2.19. The Morgan fingerprint density at radius 2 is 2.11 bits per heavy atom. The second-order valence-electron chi connectivity index (χ2n) is 3.91. The summed E-state index contributed by atoms with van der Waals surface area (Å²) in [6, 6.07) is 4.90. The molecular weight excluding hydrogens is 270 g/mol. The molecule has 0 aromatic heterocycles. The molecule has 5 N–H and O–H groups in total. The van der Waals surface area contributed by atoms with Crippen LogP contribution in [0.15, 0.2) is 18.2 Å². The van der Waals surface area contributed by atoms with Gasteiger partial charge in [0.25, 0.3) is 0 Å². The van der Waals surface area contributed by atoms with Crippen molar-refractivity contribution in [3.05, 3.63) is 23.8 Å². The Labute approximate surface area is 112 Å².